The van der Waals surface area contributed by atoms with Crippen LogP contribution in [0.25, 0.3) is 10.8 Å². The highest BCUT2D eigenvalue weighted by molar-refractivity contribution is 5.85. The van der Waals surface area contributed by atoms with Crippen molar-refractivity contribution in [1.29, 1.82) is 0 Å². The Balaban J connectivity index is 1.60. The molecule has 3 aromatic rings. The molecule has 0 aliphatic rings. The van der Waals surface area contributed by atoms with Crippen LogP contribution >= 0.6 is 0 Å². The summed E-state index contributed by atoms with van der Waals surface area (Å²) in [5, 5.41) is 2.47. The summed E-state index contributed by atoms with van der Waals surface area (Å²) in [6.07, 6.45) is 0.846. The average Bonchev–Trinajstić information content (AvgIpc) is 2.66. The van der Waals surface area contributed by atoms with Crippen molar-refractivity contribution in [3.8, 4) is 5.75 Å². The topological polar surface area (TPSA) is 18.5 Å². The van der Waals surface area contributed by atoms with Crippen molar-refractivity contribution >= 4 is 10.8 Å². The fourth-order valence-corrected chi connectivity index (χ4v) is 2.96. The first-order chi connectivity index (χ1) is 12.2. The van der Waals surface area contributed by atoms with Gasteiger partial charge >= 0.3 is 0 Å². The van der Waals surface area contributed by atoms with Crippen molar-refractivity contribution in [2.45, 2.75) is 46.0 Å². The van der Waals surface area contributed by atoms with Crippen LogP contribution < -0.4 is 4.74 Å². The highest BCUT2D eigenvalue weighted by Gasteiger charge is 2.08. The molecule has 0 aromatic heterocycles. The van der Waals surface area contributed by atoms with E-state index in [0.717, 1.165) is 12.2 Å². The van der Waals surface area contributed by atoms with E-state index in [0.29, 0.717) is 12.5 Å². The fraction of sp³-hybridized carbons (Fsp3) is 0.304. The van der Waals surface area contributed by atoms with Crippen LogP contribution in [0.5, 0.6) is 5.75 Å². The summed E-state index contributed by atoms with van der Waals surface area (Å²) in [6, 6.07) is 23.0. The minimum atomic E-state index is -0.298. The first kappa shape index (κ1) is 17.5. The lowest BCUT2D eigenvalue weighted by Gasteiger charge is -2.17. The second kappa shape index (κ2) is 8.17. The third kappa shape index (κ3) is 4.40. The van der Waals surface area contributed by atoms with Gasteiger partial charge in [-0.25, -0.2) is 0 Å². The Morgan fingerprint density at radius 1 is 0.840 bits per heavy atom. The van der Waals surface area contributed by atoms with E-state index < -0.39 is 0 Å². The van der Waals surface area contributed by atoms with Gasteiger partial charge in [-0.15, -0.1) is 0 Å². The lowest BCUT2D eigenvalue weighted by Crippen LogP contribution is -2.16. The van der Waals surface area contributed by atoms with Gasteiger partial charge in [0.05, 0.1) is 6.61 Å². The van der Waals surface area contributed by atoms with Gasteiger partial charge in [0, 0.05) is 0 Å². The zero-order valence-electron chi connectivity index (χ0n) is 15.2. The van der Waals surface area contributed by atoms with Gasteiger partial charge in [-0.2, -0.15) is 0 Å². The maximum Gasteiger partial charge on any atom is 0.197 e. The molecule has 0 bridgehead atoms. The molecule has 0 aliphatic carbocycles. The molecular formula is C23H26O2. The van der Waals surface area contributed by atoms with Gasteiger partial charge in [0.1, 0.15) is 5.75 Å². The van der Waals surface area contributed by atoms with Crippen LogP contribution in [-0.2, 0) is 11.3 Å². The zero-order valence-corrected chi connectivity index (χ0v) is 15.2. The summed E-state index contributed by atoms with van der Waals surface area (Å²) >= 11 is 0. The van der Waals surface area contributed by atoms with Gasteiger partial charge in [0.15, 0.2) is 6.29 Å². The molecule has 2 atom stereocenters. The summed E-state index contributed by atoms with van der Waals surface area (Å²) in [5.41, 5.74) is 2.53. The van der Waals surface area contributed by atoms with E-state index in [4.69, 9.17) is 9.47 Å². The van der Waals surface area contributed by atoms with Crippen molar-refractivity contribution in [3.05, 3.63) is 77.9 Å². The molecule has 130 valence electrons. The normalized spacial score (nSPS) is 13.6. The second-order valence-electron chi connectivity index (χ2n) is 6.51. The van der Waals surface area contributed by atoms with Crippen LogP contribution in [-0.4, -0.2) is 6.29 Å². The predicted octanol–water partition coefficient (Wildman–Crippen LogP) is 6.29. The Labute approximate surface area is 150 Å². The summed E-state index contributed by atoms with van der Waals surface area (Å²) in [7, 11) is 0. The van der Waals surface area contributed by atoms with E-state index in [1.165, 1.54) is 21.9 Å². The predicted molar refractivity (Wildman–Crippen MR) is 104 cm³/mol. The minimum Gasteiger partial charge on any atom is -0.465 e. The lowest BCUT2D eigenvalue weighted by molar-refractivity contribution is -0.0755. The van der Waals surface area contributed by atoms with E-state index in [1.54, 1.807) is 0 Å². The van der Waals surface area contributed by atoms with Gasteiger partial charge in [-0.1, -0.05) is 68.4 Å². The van der Waals surface area contributed by atoms with Gasteiger partial charge in [-0.05, 0) is 53.3 Å². The molecule has 2 unspecified atom stereocenters. The van der Waals surface area contributed by atoms with Crippen molar-refractivity contribution in [2.24, 2.45) is 0 Å². The van der Waals surface area contributed by atoms with Gasteiger partial charge < -0.3 is 9.47 Å². The molecule has 0 aliphatic heterocycles. The number of hydrogen-bond donors (Lipinski definition) is 0. The number of ether oxygens (including phenoxy) is 2. The van der Waals surface area contributed by atoms with Crippen molar-refractivity contribution in [3.63, 3.8) is 0 Å². The summed E-state index contributed by atoms with van der Waals surface area (Å²) in [4.78, 5) is 0. The highest BCUT2D eigenvalue weighted by atomic mass is 16.7. The molecule has 25 heavy (non-hydrogen) atoms. The van der Waals surface area contributed by atoms with Crippen LogP contribution in [0.15, 0.2) is 66.7 Å². The third-order valence-corrected chi connectivity index (χ3v) is 4.72. The largest absolute Gasteiger partial charge is 0.465 e. The molecule has 0 saturated carbocycles. The van der Waals surface area contributed by atoms with Crippen LogP contribution in [0.3, 0.4) is 0 Å². The van der Waals surface area contributed by atoms with Crippen molar-refractivity contribution < 1.29 is 9.47 Å². The highest BCUT2D eigenvalue weighted by Crippen LogP contribution is 2.23. The maximum absolute atomic E-state index is 5.92. The van der Waals surface area contributed by atoms with Crippen molar-refractivity contribution in [2.75, 3.05) is 0 Å². The van der Waals surface area contributed by atoms with E-state index in [2.05, 4.69) is 68.4 Å². The van der Waals surface area contributed by atoms with E-state index in [9.17, 15) is 0 Å². The average molecular weight is 334 g/mol. The smallest absolute Gasteiger partial charge is 0.197 e. The van der Waals surface area contributed by atoms with Crippen molar-refractivity contribution in [1.82, 2.24) is 0 Å². The Hall–Kier alpha value is -2.32. The first-order valence-corrected chi connectivity index (χ1v) is 9.02. The number of fused-ring (bicyclic) bond motifs is 1. The number of hydrogen-bond acceptors (Lipinski definition) is 2. The van der Waals surface area contributed by atoms with Crippen LogP contribution in [0.1, 0.15) is 44.2 Å². The maximum atomic E-state index is 5.92. The Morgan fingerprint density at radius 2 is 1.56 bits per heavy atom. The molecule has 0 spiro atoms. The van der Waals surface area contributed by atoms with Crippen LogP contribution in [0, 0.1) is 0 Å². The molecule has 0 saturated heterocycles. The monoisotopic (exact) mass is 334 g/mol. The van der Waals surface area contributed by atoms with Crippen LogP contribution in [0.4, 0.5) is 0 Å². The lowest BCUT2D eigenvalue weighted by atomic mass is 9.99. The zero-order chi connectivity index (χ0) is 17.6. The molecule has 3 aromatic carbocycles. The molecule has 0 fully saturated rings. The molecular weight excluding hydrogens is 308 g/mol. The molecule has 0 amide bonds. The van der Waals surface area contributed by atoms with Gasteiger partial charge in [-0.3, -0.25) is 0 Å². The SMILES string of the molecule is CCC(C)c1ccc(OC(C)OCc2cccc3ccccc23)cc1. The second-order valence-corrected chi connectivity index (χ2v) is 6.51. The summed E-state index contributed by atoms with van der Waals surface area (Å²) in [6.45, 7) is 6.92. The van der Waals surface area contributed by atoms with Crippen LogP contribution in [0.2, 0.25) is 0 Å². The first-order valence-electron chi connectivity index (χ1n) is 9.02. The third-order valence-electron chi connectivity index (χ3n) is 4.72. The standard InChI is InChI=1S/C23H26O2/c1-4-17(2)19-12-14-22(15-13-19)25-18(3)24-16-21-10-7-9-20-8-5-6-11-23(20)21/h5-15,17-18H,4,16H2,1-3H3. The van der Waals surface area contributed by atoms with Gasteiger partial charge in [0.25, 0.3) is 0 Å². The minimum absolute atomic E-state index is 0.298. The molecule has 0 N–H and O–H groups in total. The fourth-order valence-electron chi connectivity index (χ4n) is 2.96. The molecule has 0 radical (unpaired) electrons. The Bertz CT molecular complexity index is 802. The van der Waals surface area contributed by atoms with E-state index in [1.807, 2.05) is 19.1 Å². The molecule has 0 heterocycles. The molecule has 2 nitrogen and oxygen atoms in total. The summed E-state index contributed by atoms with van der Waals surface area (Å²) < 4.78 is 11.8. The Morgan fingerprint density at radius 3 is 2.32 bits per heavy atom. The van der Waals surface area contributed by atoms with E-state index >= 15 is 0 Å². The number of benzene rings is 3. The van der Waals surface area contributed by atoms with E-state index in [-0.39, 0.29) is 6.29 Å². The Kier molecular flexibility index (Phi) is 5.72. The quantitative estimate of drug-likeness (QED) is 0.472. The number of rotatable bonds is 7. The molecule has 2 heteroatoms. The summed E-state index contributed by atoms with van der Waals surface area (Å²) in [5.74, 6) is 1.42. The molecule has 3 rings (SSSR count). The van der Waals surface area contributed by atoms with Gasteiger partial charge in [0.2, 0.25) is 0 Å².